The molecule has 2 aromatic heterocycles. The first kappa shape index (κ1) is 19.2. The number of halogens is 4. The second kappa shape index (κ2) is 7.36. The van der Waals surface area contributed by atoms with Gasteiger partial charge in [0.25, 0.3) is 5.56 Å². The van der Waals surface area contributed by atoms with Gasteiger partial charge in [0.15, 0.2) is 11.2 Å². The molecule has 0 aliphatic heterocycles. The number of hydrogen-bond acceptors (Lipinski definition) is 3. The predicted octanol–water partition coefficient (Wildman–Crippen LogP) is 4.26. The van der Waals surface area contributed by atoms with E-state index in [1.54, 1.807) is 28.8 Å². The minimum absolute atomic E-state index is 0.0874. The molecule has 0 aliphatic rings. The highest BCUT2D eigenvalue weighted by molar-refractivity contribution is 6.30. The van der Waals surface area contributed by atoms with Crippen LogP contribution in [-0.2, 0) is 13.0 Å². The van der Waals surface area contributed by atoms with Crippen LogP contribution in [0.5, 0.6) is 0 Å². The molecule has 0 saturated heterocycles. The van der Waals surface area contributed by atoms with E-state index in [1.807, 2.05) is 6.92 Å². The number of fused-ring (bicyclic) bond motifs is 1. The van der Waals surface area contributed by atoms with Crippen LogP contribution in [0.3, 0.4) is 0 Å². The van der Waals surface area contributed by atoms with Gasteiger partial charge in [0, 0.05) is 35.7 Å². The van der Waals surface area contributed by atoms with Crippen molar-refractivity contribution in [2.75, 3.05) is 0 Å². The average molecular weight is 419 g/mol. The summed E-state index contributed by atoms with van der Waals surface area (Å²) in [7, 11) is 0. The Balaban J connectivity index is 1.99. The van der Waals surface area contributed by atoms with Gasteiger partial charge in [-0.2, -0.15) is 0 Å². The molecule has 0 unspecified atom stereocenters. The van der Waals surface area contributed by atoms with Crippen molar-refractivity contribution >= 4 is 22.8 Å². The van der Waals surface area contributed by atoms with Crippen LogP contribution >= 0.6 is 11.6 Å². The lowest BCUT2D eigenvalue weighted by atomic mass is 10.1. The van der Waals surface area contributed by atoms with E-state index in [0.29, 0.717) is 35.0 Å². The molecule has 0 fully saturated rings. The third-order valence-corrected chi connectivity index (χ3v) is 4.83. The Morgan fingerprint density at radius 2 is 1.72 bits per heavy atom. The smallest absolute Gasteiger partial charge is 0.286 e. The van der Waals surface area contributed by atoms with Crippen LogP contribution in [-0.4, -0.2) is 19.1 Å². The average Bonchev–Trinajstić information content (AvgIpc) is 3.09. The van der Waals surface area contributed by atoms with Crippen LogP contribution in [0.2, 0.25) is 5.02 Å². The van der Waals surface area contributed by atoms with E-state index < -0.39 is 23.0 Å². The molecule has 148 valence electrons. The van der Waals surface area contributed by atoms with Crippen LogP contribution in [0.1, 0.15) is 18.3 Å². The molecule has 4 rings (SSSR count). The number of benzene rings is 2. The van der Waals surface area contributed by atoms with E-state index in [1.165, 1.54) is 10.9 Å². The van der Waals surface area contributed by atoms with Crippen molar-refractivity contribution in [2.45, 2.75) is 19.9 Å². The third kappa shape index (κ3) is 3.40. The molecule has 2 heterocycles. The third-order valence-electron chi connectivity index (χ3n) is 4.58. The predicted molar refractivity (Wildman–Crippen MR) is 103 cm³/mol. The Hall–Kier alpha value is -3.13. The van der Waals surface area contributed by atoms with E-state index in [-0.39, 0.29) is 23.3 Å². The molecule has 0 aliphatic carbocycles. The fourth-order valence-electron chi connectivity index (χ4n) is 3.14. The van der Waals surface area contributed by atoms with Crippen LogP contribution in [0.4, 0.5) is 13.2 Å². The molecule has 0 amide bonds. The van der Waals surface area contributed by atoms with E-state index in [2.05, 4.69) is 9.97 Å². The molecule has 0 spiro atoms. The first-order valence-electron chi connectivity index (χ1n) is 8.75. The summed E-state index contributed by atoms with van der Waals surface area (Å²) in [5.74, 6) is -3.04. The summed E-state index contributed by atoms with van der Waals surface area (Å²) in [4.78, 5) is 21.7. The van der Waals surface area contributed by atoms with Gasteiger partial charge in [0.1, 0.15) is 23.3 Å². The molecule has 9 heteroatoms. The fraction of sp³-hybridized carbons (Fsp3) is 0.150. The zero-order chi connectivity index (χ0) is 20.7. The van der Waals surface area contributed by atoms with Gasteiger partial charge in [-0.1, -0.05) is 11.6 Å². The second-order valence-corrected chi connectivity index (χ2v) is 6.81. The van der Waals surface area contributed by atoms with Crippen LogP contribution in [0.25, 0.3) is 16.9 Å². The summed E-state index contributed by atoms with van der Waals surface area (Å²) in [5.41, 5.74) is -0.0191. The number of nitrogens with zero attached hydrogens (tertiary/aromatic N) is 4. The summed E-state index contributed by atoms with van der Waals surface area (Å²) in [6, 6.07) is 7.54. The zero-order valence-corrected chi connectivity index (χ0v) is 15.9. The van der Waals surface area contributed by atoms with Gasteiger partial charge in [-0.25, -0.2) is 23.1 Å². The number of aryl methyl sites for hydroxylation is 1. The SMILES string of the molecule is CCn1cnc2c(=O)n(-c3ccc(Cl)cc3)c(Cc3c(F)cc(F)cc3F)nc21. The maximum Gasteiger partial charge on any atom is 0.286 e. The number of imidazole rings is 1. The maximum atomic E-state index is 14.3. The van der Waals surface area contributed by atoms with Crippen molar-refractivity contribution in [3.05, 3.63) is 86.9 Å². The summed E-state index contributed by atoms with van der Waals surface area (Å²) < 4.78 is 44.7. The molecule has 0 N–H and O–H groups in total. The fourth-order valence-corrected chi connectivity index (χ4v) is 3.27. The lowest BCUT2D eigenvalue weighted by Crippen LogP contribution is -2.25. The van der Waals surface area contributed by atoms with Crippen molar-refractivity contribution in [1.29, 1.82) is 0 Å². The topological polar surface area (TPSA) is 52.7 Å². The minimum Gasteiger partial charge on any atom is -0.315 e. The van der Waals surface area contributed by atoms with Crippen LogP contribution < -0.4 is 5.56 Å². The normalized spacial score (nSPS) is 11.3. The molecule has 0 radical (unpaired) electrons. The first-order valence-corrected chi connectivity index (χ1v) is 9.13. The Labute approximate surface area is 168 Å². The van der Waals surface area contributed by atoms with Crippen molar-refractivity contribution in [1.82, 2.24) is 19.1 Å². The highest BCUT2D eigenvalue weighted by Crippen LogP contribution is 2.21. The number of hydrogen-bond donors (Lipinski definition) is 0. The summed E-state index contributed by atoms with van der Waals surface area (Å²) >= 11 is 5.93. The maximum absolute atomic E-state index is 14.3. The highest BCUT2D eigenvalue weighted by Gasteiger charge is 2.20. The standard InChI is InChI=1S/C20H14ClF3N4O/c1-2-27-10-25-18-19(27)26-17(9-14-15(23)7-12(22)8-16(14)24)28(20(18)29)13-5-3-11(21)4-6-13/h3-8,10H,2,9H2,1H3. The molecule has 4 aromatic rings. The van der Waals surface area contributed by atoms with Gasteiger partial charge >= 0.3 is 0 Å². The van der Waals surface area contributed by atoms with E-state index in [9.17, 15) is 18.0 Å². The van der Waals surface area contributed by atoms with Crippen molar-refractivity contribution in [2.24, 2.45) is 0 Å². The molecular weight excluding hydrogens is 405 g/mol. The Morgan fingerprint density at radius 3 is 2.34 bits per heavy atom. The Morgan fingerprint density at radius 1 is 1.07 bits per heavy atom. The lowest BCUT2D eigenvalue weighted by molar-refractivity contribution is 0.525. The van der Waals surface area contributed by atoms with Gasteiger partial charge in [0.2, 0.25) is 0 Å². The quantitative estimate of drug-likeness (QED) is 0.497. The van der Waals surface area contributed by atoms with Gasteiger partial charge < -0.3 is 4.57 Å². The molecular formula is C20H14ClF3N4O. The van der Waals surface area contributed by atoms with Crippen molar-refractivity contribution in [3.63, 3.8) is 0 Å². The van der Waals surface area contributed by atoms with E-state index in [0.717, 1.165) is 0 Å². The monoisotopic (exact) mass is 418 g/mol. The highest BCUT2D eigenvalue weighted by atomic mass is 35.5. The molecule has 0 saturated carbocycles. The van der Waals surface area contributed by atoms with Gasteiger partial charge in [-0.15, -0.1) is 0 Å². The molecule has 0 atom stereocenters. The van der Waals surface area contributed by atoms with Crippen molar-refractivity contribution < 1.29 is 13.2 Å². The molecule has 29 heavy (non-hydrogen) atoms. The number of rotatable bonds is 4. The van der Waals surface area contributed by atoms with E-state index >= 15 is 0 Å². The Kier molecular flexibility index (Phi) is 4.87. The van der Waals surface area contributed by atoms with Gasteiger partial charge in [-0.05, 0) is 31.2 Å². The summed E-state index contributed by atoms with van der Waals surface area (Å²) in [6.45, 7) is 2.36. The van der Waals surface area contributed by atoms with Gasteiger partial charge in [-0.3, -0.25) is 9.36 Å². The molecule has 2 aromatic carbocycles. The Bertz CT molecular complexity index is 1260. The van der Waals surface area contributed by atoms with Crippen LogP contribution in [0, 0.1) is 17.5 Å². The largest absolute Gasteiger partial charge is 0.315 e. The second-order valence-electron chi connectivity index (χ2n) is 6.37. The molecule has 0 bridgehead atoms. The summed E-state index contributed by atoms with van der Waals surface area (Å²) in [5, 5.41) is 0.461. The zero-order valence-electron chi connectivity index (χ0n) is 15.2. The minimum atomic E-state index is -1.05. The summed E-state index contributed by atoms with van der Waals surface area (Å²) in [6.07, 6.45) is 1.12. The van der Waals surface area contributed by atoms with Crippen LogP contribution in [0.15, 0.2) is 47.5 Å². The van der Waals surface area contributed by atoms with Crippen molar-refractivity contribution in [3.8, 4) is 5.69 Å². The number of aromatic nitrogens is 4. The first-order chi connectivity index (χ1) is 13.9. The molecule has 5 nitrogen and oxygen atoms in total. The van der Waals surface area contributed by atoms with Gasteiger partial charge in [0.05, 0.1) is 12.0 Å². The lowest BCUT2D eigenvalue weighted by Gasteiger charge is -2.14. The van der Waals surface area contributed by atoms with E-state index in [4.69, 9.17) is 11.6 Å².